The number of nitrogens with zero attached hydrogens (tertiary/aromatic N) is 3. The lowest BCUT2D eigenvalue weighted by Gasteiger charge is -2.31. The maximum atomic E-state index is 12.6. The first kappa shape index (κ1) is 15.7. The number of alkyl halides is 3. The van der Waals surface area contributed by atoms with Crippen molar-refractivity contribution < 1.29 is 22.7 Å². The molecule has 0 saturated carbocycles. The Morgan fingerprint density at radius 1 is 1.43 bits per heavy atom. The van der Waals surface area contributed by atoms with Gasteiger partial charge in [-0.2, -0.15) is 13.2 Å². The summed E-state index contributed by atoms with van der Waals surface area (Å²) in [5.74, 6) is -0.124. The summed E-state index contributed by atoms with van der Waals surface area (Å²) in [5.41, 5.74) is -0.896. The zero-order valence-corrected chi connectivity index (χ0v) is 12.0. The molecule has 1 aromatic heterocycles. The van der Waals surface area contributed by atoms with Gasteiger partial charge in [0.25, 0.3) is 0 Å². The average Bonchev–Trinajstić information content (AvgIpc) is 2.81. The molecule has 8 heteroatoms. The van der Waals surface area contributed by atoms with Crippen LogP contribution in [0, 0.1) is 5.92 Å². The number of halogens is 3. The van der Waals surface area contributed by atoms with Gasteiger partial charge in [-0.15, -0.1) is 0 Å². The number of imidazole rings is 1. The summed E-state index contributed by atoms with van der Waals surface area (Å²) in [6, 6.07) is 0. The number of carbonyl (C=O) groups is 1. The Morgan fingerprint density at radius 3 is 2.52 bits per heavy atom. The first-order valence-corrected chi connectivity index (χ1v) is 6.85. The van der Waals surface area contributed by atoms with Crippen LogP contribution in [0.15, 0.2) is 6.20 Å². The van der Waals surface area contributed by atoms with Crippen LogP contribution in [-0.4, -0.2) is 35.2 Å². The van der Waals surface area contributed by atoms with E-state index in [1.807, 2.05) is 0 Å². The van der Waals surface area contributed by atoms with E-state index in [1.54, 1.807) is 11.8 Å². The second kappa shape index (κ2) is 5.95. The Morgan fingerprint density at radius 2 is 2.05 bits per heavy atom. The van der Waals surface area contributed by atoms with Crippen molar-refractivity contribution in [2.24, 2.45) is 13.0 Å². The SMILES string of the molecule is CCOC(=O)C1CCN(c2nc(C(F)(F)F)cn2C)CC1. The molecule has 0 amide bonds. The van der Waals surface area contributed by atoms with Crippen LogP contribution in [0.5, 0.6) is 0 Å². The Bertz CT molecular complexity index is 505. The van der Waals surface area contributed by atoms with Crippen molar-refractivity contribution >= 4 is 11.9 Å². The minimum absolute atomic E-state index is 0.177. The Hall–Kier alpha value is -1.73. The van der Waals surface area contributed by atoms with Crippen LogP contribution >= 0.6 is 0 Å². The van der Waals surface area contributed by atoms with E-state index < -0.39 is 11.9 Å². The Balaban J connectivity index is 2.03. The van der Waals surface area contributed by atoms with Crippen molar-refractivity contribution in [1.29, 1.82) is 0 Å². The third-order valence-corrected chi connectivity index (χ3v) is 3.54. The molecule has 0 N–H and O–H groups in total. The first-order valence-electron chi connectivity index (χ1n) is 6.85. The molecular formula is C13H18F3N3O2. The molecule has 0 unspecified atom stereocenters. The molecule has 0 aliphatic carbocycles. The van der Waals surface area contributed by atoms with E-state index in [9.17, 15) is 18.0 Å². The number of anilines is 1. The zero-order chi connectivity index (χ0) is 15.6. The van der Waals surface area contributed by atoms with E-state index >= 15 is 0 Å². The van der Waals surface area contributed by atoms with Gasteiger partial charge in [0.05, 0.1) is 12.5 Å². The van der Waals surface area contributed by atoms with Gasteiger partial charge in [-0.1, -0.05) is 0 Å². The van der Waals surface area contributed by atoms with Gasteiger partial charge < -0.3 is 14.2 Å². The number of piperidine rings is 1. The van der Waals surface area contributed by atoms with E-state index in [4.69, 9.17) is 4.74 Å². The lowest BCUT2D eigenvalue weighted by molar-refractivity contribution is -0.148. The second-order valence-corrected chi connectivity index (χ2v) is 5.05. The summed E-state index contributed by atoms with van der Waals surface area (Å²) in [6.07, 6.45) is -2.34. The number of hydrogen-bond acceptors (Lipinski definition) is 4. The molecule has 0 atom stereocenters. The normalized spacial score (nSPS) is 17.1. The van der Waals surface area contributed by atoms with E-state index in [1.165, 1.54) is 11.6 Å². The third kappa shape index (κ3) is 3.48. The van der Waals surface area contributed by atoms with Crippen LogP contribution in [0.4, 0.5) is 19.1 Å². The van der Waals surface area contributed by atoms with E-state index in [-0.39, 0.29) is 17.8 Å². The summed E-state index contributed by atoms with van der Waals surface area (Å²) in [5, 5.41) is 0. The molecule has 2 heterocycles. The maximum absolute atomic E-state index is 12.6. The molecule has 1 aliphatic rings. The van der Waals surface area contributed by atoms with Crippen LogP contribution in [0.2, 0.25) is 0 Å². The molecule has 1 saturated heterocycles. The summed E-state index contributed by atoms with van der Waals surface area (Å²) < 4.78 is 44.3. The van der Waals surface area contributed by atoms with Crippen LogP contribution in [0.25, 0.3) is 0 Å². The molecule has 1 fully saturated rings. The minimum Gasteiger partial charge on any atom is -0.466 e. The quantitative estimate of drug-likeness (QED) is 0.803. The van der Waals surface area contributed by atoms with Gasteiger partial charge in [-0.05, 0) is 19.8 Å². The second-order valence-electron chi connectivity index (χ2n) is 5.05. The Kier molecular flexibility index (Phi) is 4.43. The third-order valence-electron chi connectivity index (χ3n) is 3.54. The zero-order valence-electron chi connectivity index (χ0n) is 12.0. The molecule has 21 heavy (non-hydrogen) atoms. The highest BCUT2D eigenvalue weighted by molar-refractivity contribution is 5.72. The number of esters is 1. The van der Waals surface area contributed by atoms with Gasteiger partial charge in [0, 0.05) is 26.3 Å². The molecule has 118 valence electrons. The first-order chi connectivity index (χ1) is 9.82. The lowest BCUT2D eigenvalue weighted by Crippen LogP contribution is -2.38. The van der Waals surface area contributed by atoms with Crippen LogP contribution in [0.3, 0.4) is 0 Å². The summed E-state index contributed by atoms with van der Waals surface area (Å²) in [4.78, 5) is 17.1. The highest BCUT2D eigenvalue weighted by atomic mass is 19.4. The van der Waals surface area contributed by atoms with Crippen molar-refractivity contribution in [3.05, 3.63) is 11.9 Å². The predicted molar refractivity (Wildman–Crippen MR) is 69.8 cm³/mol. The predicted octanol–water partition coefficient (Wildman–Crippen LogP) is 2.22. The average molecular weight is 305 g/mol. The number of aromatic nitrogens is 2. The van der Waals surface area contributed by atoms with E-state index in [2.05, 4.69) is 4.98 Å². The van der Waals surface area contributed by atoms with Gasteiger partial charge in [0.1, 0.15) is 0 Å². The van der Waals surface area contributed by atoms with Gasteiger partial charge >= 0.3 is 12.1 Å². The van der Waals surface area contributed by atoms with Gasteiger partial charge in [-0.25, -0.2) is 4.98 Å². The van der Waals surface area contributed by atoms with E-state index in [0.717, 1.165) is 6.20 Å². The summed E-state index contributed by atoms with van der Waals surface area (Å²) in [6.45, 7) is 3.07. The molecule has 1 aromatic rings. The molecule has 5 nitrogen and oxygen atoms in total. The van der Waals surface area contributed by atoms with Crippen molar-refractivity contribution in [1.82, 2.24) is 9.55 Å². The number of ether oxygens (including phenoxy) is 1. The number of hydrogen-bond donors (Lipinski definition) is 0. The maximum Gasteiger partial charge on any atom is 0.434 e. The number of aryl methyl sites for hydroxylation is 1. The highest BCUT2D eigenvalue weighted by Crippen LogP contribution is 2.31. The lowest BCUT2D eigenvalue weighted by atomic mass is 9.97. The molecule has 0 aromatic carbocycles. The fraction of sp³-hybridized carbons (Fsp3) is 0.692. The molecule has 0 spiro atoms. The Labute approximate surface area is 120 Å². The standard InChI is InChI=1S/C13H18F3N3O2/c1-3-21-11(20)9-4-6-19(7-5-9)12-17-10(8-18(12)2)13(14,15)16/h8-9H,3-7H2,1-2H3. The largest absolute Gasteiger partial charge is 0.466 e. The number of carbonyl (C=O) groups excluding carboxylic acids is 1. The van der Waals surface area contributed by atoms with Crippen LogP contribution < -0.4 is 4.90 Å². The molecule has 0 bridgehead atoms. The smallest absolute Gasteiger partial charge is 0.434 e. The fourth-order valence-electron chi connectivity index (χ4n) is 2.46. The monoisotopic (exact) mass is 305 g/mol. The van der Waals surface area contributed by atoms with Gasteiger partial charge in [0.2, 0.25) is 5.95 Å². The topological polar surface area (TPSA) is 47.4 Å². The van der Waals surface area contributed by atoms with Gasteiger partial charge in [-0.3, -0.25) is 4.79 Å². The van der Waals surface area contributed by atoms with E-state index in [0.29, 0.717) is 32.5 Å². The van der Waals surface area contributed by atoms with Crippen molar-refractivity contribution in [3.63, 3.8) is 0 Å². The van der Waals surface area contributed by atoms with Crippen molar-refractivity contribution in [3.8, 4) is 0 Å². The van der Waals surface area contributed by atoms with Gasteiger partial charge in [0.15, 0.2) is 5.69 Å². The summed E-state index contributed by atoms with van der Waals surface area (Å²) >= 11 is 0. The van der Waals surface area contributed by atoms with Crippen molar-refractivity contribution in [2.75, 3.05) is 24.6 Å². The summed E-state index contributed by atoms with van der Waals surface area (Å²) in [7, 11) is 1.54. The van der Waals surface area contributed by atoms with Crippen LogP contribution in [-0.2, 0) is 22.8 Å². The molecule has 1 aliphatic heterocycles. The minimum atomic E-state index is -4.45. The number of rotatable bonds is 3. The fourth-order valence-corrected chi connectivity index (χ4v) is 2.46. The molecule has 0 radical (unpaired) electrons. The molecule has 2 rings (SSSR count). The van der Waals surface area contributed by atoms with Crippen molar-refractivity contribution in [2.45, 2.75) is 25.9 Å². The molecular weight excluding hydrogens is 287 g/mol. The highest BCUT2D eigenvalue weighted by Gasteiger charge is 2.36. The van der Waals surface area contributed by atoms with Crippen LogP contribution in [0.1, 0.15) is 25.5 Å².